The molecule has 1 amide bonds. The van der Waals surface area contributed by atoms with E-state index in [0.29, 0.717) is 31.7 Å². The molecule has 0 radical (unpaired) electrons. The van der Waals surface area contributed by atoms with Crippen LogP contribution in [0.2, 0.25) is 0 Å². The first-order chi connectivity index (χ1) is 13.4. The number of amides is 1. The predicted octanol–water partition coefficient (Wildman–Crippen LogP) is 2.23. The minimum atomic E-state index is -3.59. The molecule has 2 fully saturated rings. The second kappa shape index (κ2) is 7.52. The molecule has 1 heterocycles. The van der Waals surface area contributed by atoms with Crippen molar-refractivity contribution in [2.45, 2.75) is 23.8 Å². The van der Waals surface area contributed by atoms with Gasteiger partial charge >= 0.3 is 0 Å². The van der Waals surface area contributed by atoms with Crippen molar-refractivity contribution in [3.8, 4) is 0 Å². The first-order valence-electron chi connectivity index (χ1n) is 9.34. The topological polar surface area (TPSA) is 69.7 Å². The Bertz CT molecular complexity index is 966. The molecular weight excluding hydrogens is 381 g/mol. The maximum Gasteiger partial charge on any atom is 0.254 e. The number of carbonyl (C=O) groups is 1. The fraction of sp³-hybridized carbons (Fsp3) is 0.350. The van der Waals surface area contributed by atoms with Gasteiger partial charge in [-0.15, -0.1) is 0 Å². The van der Waals surface area contributed by atoms with Crippen LogP contribution in [0.3, 0.4) is 0 Å². The van der Waals surface area contributed by atoms with Crippen molar-refractivity contribution in [1.29, 1.82) is 0 Å². The Hall–Kier alpha value is -2.45. The van der Waals surface area contributed by atoms with Crippen molar-refractivity contribution >= 4 is 21.6 Å². The highest BCUT2D eigenvalue weighted by Crippen LogP contribution is 2.23. The summed E-state index contributed by atoms with van der Waals surface area (Å²) >= 11 is 0. The lowest BCUT2D eigenvalue weighted by Gasteiger charge is -2.36. The number of piperazine rings is 1. The quantitative estimate of drug-likeness (QED) is 0.831. The summed E-state index contributed by atoms with van der Waals surface area (Å²) in [4.78, 5) is 16.8. The molecule has 1 N–H and O–H groups in total. The molecule has 2 aromatic rings. The molecule has 28 heavy (non-hydrogen) atoms. The zero-order valence-corrected chi connectivity index (χ0v) is 16.2. The first-order valence-corrected chi connectivity index (χ1v) is 10.8. The van der Waals surface area contributed by atoms with Crippen molar-refractivity contribution in [3.05, 3.63) is 59.9 Å². The summed E-state index contributed by atoms with van der Waals surface area (Å²) in [6.45, 7) is 2.32. The zero-order chi connectivity index (χ0) is 19.7. The van der Waals surface area contributed by atoms with Gasteiger partial charge in [-0.05, 0) is 55.3 Å². The van der Waals surface area contributed by atoms with Crippen molar-refractivity contribution in [2.24, 2.45) is 0 Å². The summed E-state index contributed by atoms with van der Waals surface area (Å²) < 4.78 is 40.5. The Morgan fingerprint density at radius 2 is 1.68 bits per heavy atom. The standard InChI is InChI=1S/C20H22FN3O3S/c21-16-4-8-18(9-5-16)23-10-12-24(13-11-23)20(25)15-2-1-3-19(14-15)28(26,27)22-17-6-7-17/h1-5,8-9,14,17,22H,6-7,10-13H2. The van der Waals surface area contributed by atoms with E-state index >= 15 is 0 Å². The van der Waals surface area contributed by atoms with Crippen LogP contribution in [-0.2, 0) is 10.0 Å². The summed E-state index contributed by atoms with van der Waals surface area (Å²) in [5.41, 5.74) is 1.29. The van der Waals surface area contributed by atoms with E-state index in [9.17, 15) is 17.6 Å². The van der Waals surface area contributed by atoms with Gasteiger partial charge in [-0.25, -0.2) is 17.5 Å². The third-order valence-corrected chi connectivity index (χ3v) is 6.57. The average molecular weight is 403 g/mol. The Kier molecular flexibility index (Phi) is 5.07. The van der Waals surface area contributed by atoms with Gasteiger partial charge in [0.05, 0.1) is 4.90 Å². The van der Waals surface area contributed by atoms with Crippen LogP contribution in [0, 0.1) is 5.82 Å². The van der Waals surface area contributed by atoms with Crippen LogP contribution < -0.4 is 9.62 Å². The lowest BCUT2D eigenvalue weighted by atomic mass is 10.1. The summed E-state index contributed by atoms with van der Waals surface area (Å²) in [5, 5.41) is 0. The van der Waals surface area contributed by atoms with Crippen molar-refractivity contribution in [2.75, 3.05) is 31.1 Å². The molecule has 1 aliphatic heterocycles. The van der Waals surface area contributed by atoms with Crippen LogP contribution in [0.15, 0.2) is 53.4 Å². The minimum Gasteiger partial charge on any atom is -0.368 e. The highest BCUT2D eigenvalue weighted by atomic mass is 32.2. The van der Waals surface area contributed by atoms with Crippen LogP contribution in [0.25, 0.3) is 0 Å². The number of anilines is 1. The molecule has 0 bridgehead atoms. The van der Waals surface area contributed by atoms with Crippen LogP contribution in [0.4, 0.5) is 10.1 Å². The van der Waals surface area contributed by atoms with E-state index in [0.717, 1.165) is 18.5 Å². The molecule has 148 valence electrons. The molecule has 1 saturated heterocycles. The maximum atomic E-state index is 13.1. The number of sulfonamides is 1. The van der Waals surface area contributed by atoms with Gasteiger partial charge in [-0.1, -0.05) is 6.07 Å². The molecule has 2 aromatic carbocycles. The van der Waals surface area contributed by atoms with Gasteiger partial charge in [0.2, 0.25) is 10.0 Å². The molecule has 8 heteroatoms. The van der Waals surface area contributed by atoms with Crippen molar-refractivity contribution in [1.82, 2.24) is 9.62 Å². The van der Waals surface area contributed by atoms with E-state index in [1.807, 2.05) is 0 Å². The molecule has 4 rings (SSSR count). The predicted molar refractivity (Wildman–Crippen MR) is 104 cm³/mol. The number of benzene rings is 2. The zero-order valence-electron chi connectivity index (χ0n) is 15.3. The summed E-state index contributed by atoms with van der Waals surface area (Å²) in [7, 11) is -3.59. The number of rotatable bonds is 5. The van der Waals surface area contributed by atoms with E-state index in [1.54, 1.807) is 29.2 Å². The number of halogens is 1. The molecule has 2 aliphatic rings. The summed E-state index contributed by atoms with van der Waals surface area (Å²) in [6, 6.07) is 12.5. The Balaban J connectivity index is 1.42. The average Bonchev–Trinajstić information content (AvgIpc) is 3.52. The second-order valence-electron chi connectivity index (χ2n) is 7.18. The van der Waals surface area contributed by atoms with Gasteiger partial charge < -0.3 is 9.80 Å². The monoisotopic (exact) mass is 403 g/mol. The molecule has 1 saturated carbocycles. The number of carbonyl (C=O) groups excluding carboxylic acids is 1. The summed E-state index contributed by atoms with van der Waals surface area (Å²) in [6.07, 6.45) is 1.71. The normalized spacial score (nSPS) is 17.6. The van der Waals surface area contributed by atoms with Crippen LogP contribution in [0.1, 0.15) is 23.2 Å². The lowest BCUT2D eigenvalue weighted by molar-refractivity contribution is 0.0746. The third-order valence-electron chi connectivity index (χ3n) is 5.05. The van der Waals surface area contributed by atoms with Gasteiger partial charge in [-0.3, -0.25) is 4.79 Å². The van der Waals surface area contributed by atoms with Gasteiger partial charge in [0.25, 0.3) is 5.91 Å². The highest BCUT2D eigenvalue weighted by Gasteiger charge is 2.29. The van der Waals surface area contributed by atoms with E-state index < -0.39 is 10.0 Å². The molecule has 0 spiro atoms. The lowest BCUT2D eigenvalue weighted by Crippen LogP contribution is -2.48. The maximum absolute atomic E-state index is 13.1. The van der Waals surface area contributed by atoms with E-state index in [1.165, 1.54) is 24.3 Å². The molecule has 0 unspecified atom stereocenters. The third kappa shape index (κ3) is 4.18. The Morgan fingerprint density at radius 1 is 1.00 bits per heavy atom. The largest absolute Gasteiger partial charge is 0.368 e. The van der Waals surface area contributed by atoms with Gasteiger partial charge in [-0.2, -0.15) is 0 Å². The van der Waals surface area contributed by atoms with Gasteiger partial charge in [0.15, 0.2) is 0 Å². The Labute approximate surface area is 164 Å². The molecule has 0 aromatic heterocycles. The fourth-order valence-electron chi connectivity index (χ4n) is 3.29. The van der Waals surface area contributed by atoms with E-state index in [-0.39, 0.29) is 22.7 Å². The van der Waals surface area contributed by atoms with Gasteiger partial charge in [0.1, 0.15) is 5.82 Å². The van der Waals surface area contributed by atoms with E-state index in [4.69, 9.17) is 0 Å². The number of nitrogens with zero attached hydrogens (tertiary/aromatic N) is 2. The van der Waals surface area contributed by atoms with E-state index in [2.05, 4.69) is 9.62 Å². The minimum absolute atomic E-state index is 0.0175. The van der Waals surface area contributed by atoms with Crippen molar-refractivity contribution in [3.63, 3.8) is 0 Å². The number of hydrogen-bond acceptors (Lipinski definition) is 4. The molecule has 6 nitrogen and oxygen atoms in total. The molecule has 1 aliphatic carbocycles. The second-order valence-corrected chi connectivity index (χ2v) is 8.89. The van der Waals surface area contributed by atoms with Crippen molar-refractivity contribution < 1.29 is 17.6 Å². The summed E-state index contributed by atoms with van der Waals surface area (Å²) in [5.74, 6) is -0.453. The molecule has 0 atom stereocenters. The smallest absolute Gasteiger partial charge is 0.254 e. The Morgan fingerprint density at radius 3 is 2.32 bits per heavy atom. The number of nitrogens with one attached hydrogen (secondary N) is 1. The highest BCUT2D eigenvalue weighted by molar-refractivity contribution is 7.89. The number of hydrogen-bond donors (Lipinski definition) is 1. The van der Waals surface area contributed by atoms with Gasteiger partial charge in [0, 0.05) is 43.5 Å². The first kappa shape index (κ1) is 18.9. The SMILES string of the molecule is O=C(c1cccc(S(=O)(=O)NC2CC2)c1)N1CCN(c2ccc(F)cc2)CC1. The molecular formula is C20H22FN3O3S. The van der Waals surface area contributed by atoms with Crippen LogP contribution >= 0.6 is 0 Å². The van der Waals surface area contributed by atoms with Crippen LogP contribution in [0.5, 0.6) is 0 Å². The fourth-order valence-corrected chi connectivity index (χ4v) is 4.64. The van der Waals surface area contributed by atoms with Crippen LogP contribution in [-0.4, -0.2) is 51.4 Å².